The molecule has 98 valence electrons. The summed E-state index contributed by atoms with van der Waals surface area (Å²) in [5.41, 5.74) is 1.13. The number of benzene rings is 1. The molecule has 1 fully saturated rings. The van der Waals surface area contributed by atoms with Crippen molar-refractivity contribution in [2.75, 3.05) is 13.1 Å². The maximum absolute atomic E-state index is 12.0. The molecule has 1 aromatic rings. The zero-order chi connectivity index (χ0) is 13.0. The largest absolute Gasteiger partial charge is 0.393 e. The Balaban J connectivity index is 1.79. The minimum Gasteiger partial charge on any atom is -0.393 e. The first-order chi connectivity index (χ1) is 8.65. The number of aryl methyl sites for hydroxylation is 1. The van der Waals surface area contributed by atoms with E-state index in [1.807, 2.05) is 29.2 Å². The fraction of sp³-hybridized carbons (Fsp3) is 0.500. The number of carbonyl (C=O) groups is 1. The summed E-state index contributed by atoms with van der Waals surface area (Å²) >= 11 is 5.81. The van der Waals surface area contributed by atoms with Crippen LogP contribution in [0.2, 0.25) is 5.02 Å². The third kappa shape index (κ3) is 3.72. The van der Waals surface area contributed by atoms with Crippen molar-refractivity contribution in [2.45, 2.75) is 31.8 Å². The highest BCUT2D eigenvalue weighted by Gasteiger charge is 2.20. The summed E-state index contributed by atoms with van der Waals surface area (Å²) in [4.78, 5) is 13.8. The van der Waals surface area contributed by atoms with Gasteiger partial charge in [0.25, 0.3) is 0 Å². The summed E-state index contributed by atoms with van der Waals surface area (Å²) < 4.78 is 0. The molecule has 1 heterocycles. The van der Waals surface area contributed by atoms with Crippen LogP contribution in [-0.2, 0) is 11.2 Å². The number of hydrogen-bond acceptors (Lipinski definition) is 2. The molecule has 0 saturated carbocycles. The van der Waals surface area contributed by atoms with Crippen LogP contribution in [0.3, 0.4) is 0 Å². The number of aliphatic hydroxyl groups excluding tert-OH is 1. The maximum Gasteiger partial charge on any atom is 0.222 e. The van der Waals surface area contributed by atoms with Crippen molar-refractivity contribution in [2.24, 2.45) is 0 Å². The van der Waals surface area contributed by atoms with E-state index in [9.17, 15) is 9.90 Å². The van der Waals surface area contributed by atoms with Crippen LogP contribution in [0.5, 0.6) is 0 Å². The molecule has 2 rings (SSSR count). The van der Waals surface area contributed by atoms with Crippen LogP contribution in [-0.4, -0.2) is 35.1 Å². The molecule has 3 nitrogen and oxygen atoms in total. The smallest absolute Gasteiger partial charge is 0.222 e. The summed E-state index contributed by atoms with van der Waals surface area (Å²) in [5, 5.41) is 10.1. The van der Waals surface area contributed by atoms with Gasteiger partial charge < -0.3 is 10.0 Å². The first-order valence-corrected chi connectivity index (χ1v) is 6.73. The van der Waals surface area contributed by atoms with Crippen molar-refractivity contribution in [3.63, 3.8) is 0 Å². The third-order valence-corrected chi connectivity index (χ3v) is 3.61. The van der Waals surface area contributed by atoms with Gasteiger partial charge in [-0.15, -0.1) is 0 Å². The van der Waals surface area contributed by atoms with E-state index in [0.717, 1.165) is 17.0 Å². The first-order valence-electron chi connectivity index (χ1n) is 6.35. The van der Waals surface area contributed by atoms with Gasteiger partial charge in [0, 0.05) is 24.5 Å². The van der Waals surface area contributed by atoms with Crippen LogP contribution >= 0.6 is 11.6 Å². The van der Waals surface area contributed by atoms with Gasteiger partial charge in [-0.05, 0) is 37.0 Å². The lowest BCUT2D eigenvalue weighted by Crippen LogP contribution is -2.40. The predicted molar refractivity (Wildman–Crippen MR) is 71.6 cm³/mol. The average Bonchev–Trinajstić information content (AvgIpc) is 2.38. The lowest BCUT2D eigenvalue weighted by Gasteiger charge is -2.29. The van der Waals surface area contributed by atoms with E-state index in [1.165, 1.54) is 0 Å². The molecule has 18 heavy (non-hydrogen) atoms. The van der Waals surface area contributed by atoms with Gasteiger partial charge in [0.2, 0.25) is 5.91 Å². The molecule has 1 N–H and O–H groups in total. The summed E-state index contributed by atoms with van der Waals surface area (Å²) in [6.45, 7) is 1.36. The van der Waals surface area contributed by atoms with Crippen LogP contribution < -0.4 is 0 Å². The molecule has 0 aromatic heterocycles. The molecule has 1 saturated heterocycles. The quantitative estimate of drug-likeness (QED) is 0.913. The molecule has 1 aliphatic heterocycles. The minimum atomic E-state index is -0.231. The van der Waals surface area contributed by atoms with E-state index in [4.69, 9.17) is 11.6 Å². The van der Waals surface area contributed by atoms with Crippen LogP contribution in [0.4, 0.5) is 0 Å². The highest BCUT2D eigenvalue weighted by atomic mass is 35.5. The minimum absolute atomic E-state index is 0.178. The molecule has 0 aliphatic carbocycles. The fourth-order valence-corrected chi connectivity index (χ4v) is 2.30. The number of hydrogen-bond donors (Lipinski definition) is 1. The van der Waals surface area contributed by atoms with Crippen molar-refractivity contribution in [1.82, 2.24) is 4.90 Å². The Hall–Kier alpha value is -1.06. The van der Waals surface area contributed by atoms with E-state index in [0.29, 0.717) is 32.4 Å². The summed E-state index contributed by atoms with van der Waals surface area (Å²) in [6.07, 6.45) is 2.44. The van der Waals surface area contributed by atoms with Crippen molar-refractivity contribution < 1.29 is 9.90 Å². The lowest BCUT2D eigenvalue weighted by molar-refractivity contribution is -0.133. The summed E-state index contributed by atoms with van der Waals surface area (Å²) in [5.74, 6) is 0.178. The van der Waals surface area contributed by atoms with Crippen molar-refractivity contribution in [3.05, 3.63) is 34.9 Å². The number of likely N-dealkylation sites (tertiary alicyclic amines) is 1. The maximum atomic E-state index is 12.0. The zero-order valence-corrected chi connectivity index (χ0v) is 11.1. The van der Waals surface area contributed by atoms with Gasteiger partial charge in [0.05, 0.1) is 6.10 Å². The van der Waals surface area contributed by atoms with Crippen molar-refractivity contribution in [1.29, 1.82) is 0 Å². The summed E-state index contributed by atoms with van der Waals surface area (Å²) in [6, 6.07) is 7.60. The number of carbonyl (C=O) groups excluding carboxylic acids is 1. The summed E-state index contributed by atoms with van der Waals surface area (Å²) in [7, 11) is 0. The standard InChI is InChI=1S/C14H18ClNO2/c15-12-4-1-11(2-5-12)3-6-14(18)16-9-7-13(17)8-10-16/h1-2,4-5,13,17H,3,6-10H2. The van der Waals surface area contributed by atoms with E-state index in [2.05, 4.69) is 0 Å². The van der Waals surface area contributed by atoms with Gasteiger partial charge in [-0.3, -0.25) is 4.79 Å². The van der Waals surface area contributed by atoms with Crippen LogP contribution in [0.25, 0.3) is 0 Å². The van der Waals surface area contributed by atoms with E-state index in [-0.39, 0.29) is 12.0 Å². The van der Waals surface area contributed by atoms with Crippen molar-refractivity contribution >= 4 is 17.5 Å². The zero-order valence-electron chi connectivity index (χ0n) is 10.3. The molecule has 4 heteroatoms. The Morgan fingerprint density at radius 2 is 1.89 bits per heavy atom. The van der Waals surface area contributed by atoms with Crippen LogP contribution in [0.1, 0.15) is 24.8 Å². The highest BCUT2D eigenvalue weighted by Crippen LogP contribution is 2.14. The molecule has 0 bridgehead atoms. The van der Waals surface area contributed by atoms with Gasteiger partial charge >= 0.3 is 0 Å². The van der Waals surface area contributed by atoms with Gasteiger partial charge in [-0.1, -0.05) is 23.7 Å². The first kappa shape index (κ1) is 13.4. The molecule has 0 spiro atoms. The second-order valence-corrected chi connectivity index (χ2v) is 5.17. The molecule has 1 aromatic carbocycles. The Morgan fingerprint density at radius 1 is 1.28 bits per heavy atom. The SMILES string of the molecule is O=C(CCc1ccc(Cl)cc1)N1CCC(O)CC1. The van der Waals surface area contributed by atoms with E-state index in [1.54, 1.807) is 0 Å². The number of nitrogens with zero attached hydrogens (tertiary/aromatic N) is 1. The lowest BCUT2D eigenvalue weighted by atomic mass is 10.1. The second kappa shape index (κ2) is 6.21. The number of piperidine rings is 1. The third-order valence-electron chi connectivity index (χ3n) is 3.36. The Labute approximate surface area is 112 Å². The molecule has 0 radical (unpaired) electrons. The molecule has 1 aliphatic rings. The molecule has 0 unspecified atom stereocenters. The number of amides is 1. The molecular weight excluding hydrogens is 250 g/mol. The topological polar surface area (TPSA) is 40.5 Å². The second-order valence-electron chi connectivity index (χ2n) is 4.74. The van der Waals surface area contributed by atoms with Crippen molar-refractivity contribution in [3.8, 4) is 0 Å². The average molecular weight is 268 g/mol. The number of halogens is 1. The van der Waals surface area contributed by atoms with E-state index >= 15 is 0 Å². The van der Waals surface area contributed by atoms with Crippen LogP contribution in [0, 0.1) is 0 Å². The molecule has 1 amide bonds. The van der Waals surface area contributed by atoms with E-state index < -0.39 is 0 Å². The Morgan fingerprint density at radius 3 is 2.50 bits per heavy atom. The van der Waals surface area contributed by atoms with Gasteiger partial charge in [-0.25, -0.2) is 0 Å². The molecule has 0 atom stereocenters. The van der Waals surface area contributed by atoms with Gasteiger partial charge in [-0.2, -0.15) is 0 Å². The monoisotopic (exact) mass is 267 g/mol. The molecular formula is C14H18ClNO2. The fourth-order valence-electron chi connectivity index (χ4n) is 2.18. The van der Waals surface area contributed by atoms with Crippen LogP contribution in [0.15, 0.2) is 24.3 Å². The predicted octanol–water partition coefficient (Wildman–Crippen LogP) is 2.26. The number of aliphatic hydroxyl groups is 1. The normalized spacial score (nSPS) is 16.9. The number of rotatable bonds is 3. The highest BCUT2D eigenvalue weighted by molar-refractivity contribution is 6.30. The van der Waals surface area contributed by atoms with Gasteiger partial charge in [0.1, 0.15) is 0 Å². The van der Waals surface area contributed by atoms with Gasteiger partial charge in [0.15, 0.2) is 0 Å². The Kier molecular flexibility index (Phi) is 4.61. The Bertz CT molecular complexity index is 397.